The molecule has 0 bridgehead atoms. The van der Waals surface area contributed by atoms with Crippen molar-refractivity contribution in [3.63, 3.8) is 0 Å². The third-order valence-corrected chi connectivity index (χ3v) is 1.84. The van der Waals surface area contributed by atoms with Gasteiger partial charge in [0.25, 0.3) is 0 Å². The first-order chi connectivity index (χ1) is 7.49. The second-order valence-electron chi connectivity index (χ2n) is 3.73. The SMILES string of the molecule is CC(C)CCO.O=C(O)c1ccccc1O. The number of aromatic hydroxyl groups is 1. The molecule has 0 aliphatic rings. The molecule has 1 rings (SSSR count). The maximum atomic E-state index is 10.3. The molecule has 0 fully saturated rings. The van der Waals surface area contributed by atoms with Crippen molar-refractivity contribution in [2.24, 2.45) is 5.92 Å². The van der Waals surface area contributed by atoms with Gasteiger partial charge in [-0.1, -0.05) is 26.0 Å². The highest BCUT2D eigenvalue weighted by molar-refractivity contribution is 5.90. The number of carboxylic acid groups (broad SMARTS) is 1. The van der Waals surface area contributed by atoms with E-state index >= 15 is 0 Å². The lowest BCUT2D eigenvalue weighted by Gasteiger charge is -1.95. The van der Waals surface area contributed by atoms with Gasteiger partial charge in [0.15, 0.2) is 0 Å². The standard InChI is InChI=1S/C7H6O3.C5H12O/c8-6-4-2-1-3-5(6)7(9)10;1-5(2)3-4-6/h1-4,8H,(H,9,10);5-6H,3-4H2,1-2H3. The highest BCUT2D eigenvalue weighted by atomic mass is 16.4. The van der Waals surface area contributed by atoms with Crippen molar-refractivity contribution >= 4 is 5.97 Å². The van der Waals surface area contributed by atoms with E-state index in [0.717, 1.165) is 6.42 Å². The Kier molecular flexibility index (Phi) is 6.96. The largest absolute Gasteiger partial charge is 0.507 e. The molecule has 0 spiro atoms. The fourth-order valence-electron chi connectivity index (χ4n) is 0.913. The number of aromatic carboxylic acids is 1. The summed E-state index contributed by atoms with van der Waals surface area (Å²) in [5.74, 6) is -0.664. The normalized spacial score (nSPS) is 9.50. The van der Waals surface area contributed by atoms with Crippen LogP contribution >= 0.6 is 0 Å². The van der Waals surface area contributed by atoms with E-state index in [1.807, 2.05) is 0 Å². The molecule has 0 atom stereocenters. The zero-order valence-corrected chi connectivity index (χ0v) is 9.55. The molecular formula is C12H18O4. The average Bonchev–Trinajstić information content (AvgIpc) is 2.18. The number of aliphatic hydroxyl groups excluding tert-OH is 1. The summed E-state index contributed by atoms with van der Waals surface area (Å²) in [6, 6.07) is 5.81. The van der Waals surface area contributed by atoms with Gasteiger partial charge in [0.1, 0.15) is 11.3 Å². The molecule has 0 aromatic heterocycles. The lowest BCUT2D eigenvalue weighted by molar-refractivity contribution is 0.0693. The Labute approximate surface area is 95.2 Å². The van der Waals surface area contributed by atoms with Gasteiger partial charge >= 0.3 is 5.97 Å². The Hall–Kier alpha value is -1.55. The Balaban J connectivity index is 0.000000325. The minimum absolute atomic E-state index is 0.0671. The van der Waals surface area contributed by atoms with Crippen LogP contribution in [0.25, 0.3) is 0 Å². The zero-order valence-electron chi connectivity index (χ0n) is 9.55. The zero-order chi connectivity index (χ0) is 12.6. The van der Waals surface area contributed by atoms with E-state index in [0.29, 0.717) is 12.5 Å². The van der Waals surface area contributed by atoms with E-state index < -0.39 is 5.97 Å². The lowest BCUT2D eigenvalue weighted by Crippen LogP contribution is -1.95. The predicted octanol–water partition coefficient (Wildman–Crippen LogP) is 2.12. The first-order valence-electron chi connectivity index (χ1n) is 5.11. The summed E-state index contributed by atoms with van der Waals surface area (Å²) in [6.45, 7) is 4.52. The average molecular weight is 226 g/mol. The second kappa shape index (κ2) is 7.70. The van der Waals surface area contributed by atoms with Gasteiger partial charge < -0.3 is 15.3 Å². The van der Waals surface area contributed by atoms with Gasteiger partial charge in [-0.25, -0.2) is 4.79 Å². The maximum absolute atomic E-state index is 10.3. The van der Waals surface area contributed by atoms with Crippen LogP contribution in [0.5, 0.6) is 5.75 Å². The third-order valence-electron chi connectivity index (χ3n) is 1.84. The van der Waals surface area contributed by atoms with Crippen molar-refractivity contribution in [3.05, 3.63) is 29.8 Å². The highest BCUT2D eigenvalue weighted by Gasteiger charge is 2.05. The minimum atomic E-state index is -1.11. The molecule has 1 aromatic carbocycles. The summed E-state index contributed by atoms with van der Waals surface area (Å²) >= 11 is 0. The maximum Gasteiger partial charge on any atom is 0.339 e. The van der Waals surface area contributed by atoms with Crippen molar-refractivity contribution in [3.8, 4) is 5.75 Å². The Morgan fingerprint density at radius 2 is 1.88 bits per heavy atom. The summed E-state index contributed by atoms with van der Waals surface area (Å²) in [4.78, 5) is 10.3. The van der Waals surface area contributed by atoms with E-state index in [4.69, 9.17) is 15.3 Å². The number of carbonyl (C=O) groups is 1. The number of carboxylic acids is 1. The van der Waals surface area contributed by atoms with Gasteiger partial charge in [0.2, 0.25) is 0 Å². The molecule has 0 heterocycles. The lowest BCUT2D eigenvalue weighted by atomic mass is 10.2. The van der Waals surface area contributed by atoms with Gasteiger partial charge in [0, 0.05) is 6.61 Å². The summed E-state index contributed by atoms with van der Waals surface area (Å²) in [7, 11) is 0. The van der Waals surface area contributed by atoms with Crippen LogP contribution in [0.3, 0.4) is 0 Å². The van der Waals surface area contributed by atoms with Crippen molar-refractivity contribution in [2.75, 3.05) is 6.61 Å². The molecule has 0 unspecified atom stereocenters. The molecule has 16 heavy (non-hydrogen) atoms. The summed E-state index contributed by atoms with van der Waals surface area (Å²) in [5, 5.41) is 25.5. The first-order valence-corrected chi connectivity index (χ1v) is 5.11. The van der Waals surface area contributed by atoms with Crippen LogP contribution in [0.15, 0.2) is 24.3 Å². The number of aliphatic hydroxyl groups is 1. The molecule has 90 valence electrons. The van der Waals surface area contributed by atoms with Crippen molar-refractivity contribution in [1.29, 1.82) is 0 Å². The van der Waals surface area contributed by atoms with E-state index in [1.165, 1.54) is 12.1 Å². The van der Waals surface area contributed by atoms with Crippen molar-refractivity contribution < 1.29 is 20.1 Å². The molecule has 0 radical (unpaired) electrons. The minimum Gasteiger partial charge on any atom is -0.507 e. The van der Waals surface area contributed by atoms with Gasteiger partial charge in [0.05, 0.1) is 0 Å². The third kappa shape index (κ3) is 6.03. The van der Waals surface area contributed by atoms with Crippen LogP contribution < -0.4 is 0 Å². The highest BCUT2D eigenvalue weighted by Crippen LogP contribution is 2.14. The summed E-state index contributed by atoms with van der Waals surface area (Å²) in [5.41, 5.74) is -0.0671. The van der Waals surface area contributed by atoms with Crippen LogP contribution in [0.1, 0.15) is 30.6 Å². The molecule has 4 nitrogen and oxygen atoms in total. The number of phenols is 1. The molecule has 3 N–H and O–H groups in total. The quantitative estimate of drug-likeness (QED) is 0.737. The topological polar surface area (TPSA) is 77.8 Å². The van der Waals surface area contributed by atoms with Crippen LogP contribution in [0.2, 0.25) is 0 Å². The Morgan fingerprint density at radius 1 is 1.31 bits per heavy atom. The number of rotatable bonds is 3. The second-order valence-corrected chi connectivity index (χ2v) is 3.73. The molecule has 0 amide bonds. The van der Waals surface area contributed by atoms with Crippen LogP contribution in [0.4, 0.5) is 0 Å². The monoisotopic (exact) mass is 226 g/mol. The Bertz CT molecular complexity index is 321. The fourth-order valence-corrected chi connectivity index (χ4v) is 0.913. The number of benzene rings is 1. The van der Waals surface area contributed by atoms with Gasteiger partial charge in [-0.3, -0.25) is 0 Å². The first kappa shape index (κ1) is 14.5. The van der Waals surface area contributed by atoms with Crippen molar-refractivity contribution in [1.82, 2.24) is 0 Å². The van der Waals surface area contributed by atoms with Crippen LogP contribution in [-0.2, 0) is 0 Å². The van der Waals surface area contributed by atoms with Crippen LogP contribution in [0, 0.1) is 5.92 Å². The molecule has 0 saturated carbocycles. The van der Waals surface area contributed by atoms with Gasteiger partial charge in [-0.05, 0) is 24.5 Å². The number of para-hydroxylation sites is 1. The summed E-state index contributed by atoms with van der Waals surface area (Å²) in [6.07, 6.45) is 0.931. The number of hydrogen-bond acceptors (Lipinski definition) is 3. The van der Waals surface area contributed by atoms with E-state index in [1.54, 1.807) is 12.1 Å². The smallest absolute Gasteiger partial charge is 0.339 e. The number of hydrogen-bond donors (Lipinski definition) is 3. The fraction of sp³-hybridized carbons (Fsp3) is 0.417. The molecule has 0 aliphatic carbocycles. The van der Waals surface area contributed by atoms with Gasteiger partial charge in [-0.15, -0.1) is 0 Å². The molecule has 0 saturated heterocycles. The molecular weight excluding hydrogens is 208 g/mol. The van der Waals surface area contributed by atoms with Gasteiger partial charge in [-0.2, -0.15) is 0 Å². The van der Waals surface area contributed by atoms with E-state index in [2.05, 4.69) is 13.8 Å². The summed E-state index contributed by atoms with van der Waals surface area (Å²) < 4.78 is 0. The molecule has 1 aromatic rings. The van der Waals surface area contributed by atoms with Crippen molar-refractivity contribution in [2.45, 2.75) is 20.3 Å². The van der Waals surface area contributed by atoms with E-state index in [-0.39, 0.29) is 11.3 Å². The Morgan fingerprint density at radius 3 is 2.12 bits per heavy atom. The van der Waals surface area contributed by atoms with Crippen LogP contribution in [-0.4, -0.2) is 27.9 Å². The van der Waals surface area contributed by atoms with E-state index in [9.17, 15) is 4.79 Å². The molecule has 0 aliphatic heterocycles. The molecule has 4 heteroatoms. The predicted molar refractivity (Wildman–Crippen MR) is 61.6 cm³/mol.